The van der Waals surface area contributed by atoms with Gasteiger partial charge in [0.2, 0.25) is 0 Å². The summed E-state index contributed by atoms with van der Waals surface area (Å²) in [6.07, 6.45) is 1.77. The molecule has 0 unspecified atom stereocenters. The first kappa shape index (κ1) is 21.2. The van der Waals surface area contributed by atoms with Crippen LogP contribution in [0.4, 0.5) is 0 Å². The number of para-hydroxylation sites is 1. The molecule has 0 aromatic heterocycles. The van der Waals surface area contributed by atoms with Crippen LogP contribution in [0, 0.1) is 5.92 Å². The van der Waals surface area contributed by atoms with Crippen LogP contribution in [-0.2, 0) is 26.0 Å². The minimum absolute atomic E-state index is 0.0562. The summed E-state index contributed by atoms with van der Waals surface area (Å²) in [7, 11) is -3.66. The molecule has 0 bridgehead atoms. The molecular weight excluding hydrogens is 416 g/mol. The predicted octanol–water partition coefficient (Wildman–Crippen LogP) is 3.44. The highest BCUT2D eigenvalue weighted by Gasteiger charge is 2.38. The topological polar surface area (TPSA) is 94.6 Å². The fourth-order valence-corrected chi connectivity index (χ4v) is 4.59. The van der Waals surface area contributed by atoms with Crippen molar-refractivity contribution in [2.75, 3.05) is 6.26 Å². The molecule has 0 spiro atoms. The molecule has 3 rings (SSSR count). The van der Waals surface area contributed by atoms with E-state index in [0.29, 0.717) is 12.2 Å². The maximum absolute atomic E-state index is 12.9. The van der Waals surface area contributed by atoms with E-state index in [4.69, 9.17) is 16.3 Å². The van der Waals surface area contributed by atoms with Crippen molar-refractivity contribution < 1.29 is 27.5 Å². The van der Waals surface area contributed by atoms with E-state index in [0.717, 1.165) is 6.26 Å². The third-order valence-corrected chi connectivity index (χ3v) is 6.36. The van der Waals surface area contributed by atoms with Crippen molar-refractivity contribution in [3.05, 3.63) is 58.6 Å². The van der Waals surface area contributed by atoms with Gasteiger partial charge in [0.25, 0.3) is 0 Å². The van der Waals surface area contributed by atoms with E-state index >= 15 is 0 Å². The van der Waals surface area contributed by atoms with Crippen LogP contribution >= 0.6 is 11.6 Å². The quantitative estimate of drug-likeness (QED) is 0.510. The number of halogens is 1. The van der Waals surface area contributed by atoms with Crippen molar-refractivity contribution in [2.24, 2.45) is 5.92 Å². The van der Waals surface area contributed by atoms with Gasteiger partial charge >= 0.3 is 0 Å². The van der Waals surface area contributed by atoms with Crippen LogP contribution in [-0.4, -0.2) is 32.0 Å². The lowest BCUT2D eigenvalue weighted by atomic mass is 9.81. The number of Topliss-reactive ketones (excluding diaryl/α,β-unsaturated/α-hetero) is 3. The van der Waals surface area contributed by atoms with Crippen molar-refractivity contribution in [2.45, 2.75) is 30.8 Å². The molecule has 1 aliphatic rings. The summed E-state index contributed by atoms with van der Waals surface area (Å²) in [5.74, 6) is -2.45. The van der Waals surface area contributed by atoms with E-state index in [1.165, 1.54) is 12.1 Å². The predicted molar refractivity (Wildman–Crippen MR) is 107 cm³/mol. The van der Waals surface area contributed by atoms with Crippen LogP contribution < -0.4 is 4.74 Å². The number of carbonyl (C=O) groups is 3. The Hall–Kier alpha value is -2.51. The van der Waals surface area contributed by atoms with Crippen LogP contribution in [0.15, 0.2) is 47.4 Å². The lowest BCUT2D eigenvalue weighted by molar-refractivity contribution is -0.133. The highest BCUT2D eigenvalue weighted by Crippen LogP contribution is 2.32. The van der Waals surface area contributed by atoms with E-state index in [1.807, 2.05) is 0 Å². The average molecular weight is 435 g/mol. The number of benzene rings is 2. The summed E-state index contributed by atoms with van der Waals surface area (Å²) < 4.78 is 30.0. The first-order valence-electron chi connectivity index (χ1n) is 8.99. The third kappa shape index (κ3) is 4.57. The Labute approximate surface area is 173 Å². The van der Waals surface area contributed by atoms with Gasteiger partial charge in [-0.05, 0) is 30.7 Å². The molecule has 1 fully saturated rings. The number of ketones is 3. The molecule has 0 aliphatic heterocycles. The molecule has 2 aromatic rings. The van der Waals surface area contributed by atoms with Crippen molar-refractivity contribution in [3.8, 4) is 5.75 Å². The van der Waals surface area contributed by atoms with E-state index < -0.39 is 33.1 Å². The molecule has 0 saturated heterocycles. The minimum Gasteiger partial charge on any atom is -0.489 e. The van der Waals surface area contributed by atoms with Crippen LogP contribution in [0.5, 0.6) is 5.75 Å². The van der Waals surface area contributed by atoms with Gasteiger partial charge in [0.05, 0.1) is 9.92 Å². The van der Waals surface area contributed by atoms with Crippen LogP contribution in [0.25, 0.3) is 0 Å². The van der Waals surface area contributed by atoms with Gasteiger partial charge in [-0.3, -0.25) is 14.4 Å². The fraction of sp³-hybridized carbons (Fsp3) is 0.286. The number of hydrogen-bond donors (Lipinski definition) is 0. The number of sulfone groups is 1. The van der Waals surface area contributed by atoms with Crippen molar-refractivity contribution in [1.82, 2.24) is 0 Å². The Kier molecular flexibility index (Phi) is 6.19. The molecule has 0 atom stereocenters. The van der Waals surface area contributed by atoms with Gasteiger partial charge < -0.3 is 4.74 Å². The van der Waals surface area contributed by atoms with Crippen LogP contribution in [0.1, 0.15) is 35.2 Å². The van der Waals surface area contributed by atoms with Gasteiger partial charge in [-0.15, -0.1) is 0 Å². The van der Waals surface area contributed by atoms with Gasteiger partial charge in [0.1, 0.15) is 18.3 Å². The summed E-state index contributed by atoms with van der Waals surface area (Å²) in [5.41, 5.74) is 0.0545. The zero-order valence-corrected chi connectivity index (χ0v) is 17.3. The number of hydrogen-bond acceptors (Lipinski definition) is 6. The highest BCUT2D eigenvalue weighted by atomic mass is 35.5. The summed E-state index contributed by atoms with van der Waals surface area (Å²) in [5, 5.41) is -0.125. The van der Waals surface area contributed by atoms with Gasteiger partial charge in [-0.2, -0.15) is 0 Å². The number of rotatable bonds is 6. The smallest absolute Gasteiger partial charge is 0.182 e. The molecule has 1 aliphatic carbocycles. The average Bonchev–Trinajstić information content (AvgIpc) is 2.66. The normalized spacial score (nSPS) is 15.4. The maximum Gasteiger partial charge on any atom is 0.182 e. The molecule has 152 valence electrons. The molecule has 6 nitrogen and oxygen atoms in total. The number of ether oxygens (including phenoxy) is 1. The SMILES string of the molecule is CS(=O)(=O)c1ccc(C(=O)C2C(=O)CCCC2=O)c(Cl)c1COc1ccccc1. The lowest BCUT2D eigenvalue weighted by Crippen LogP contribution is -2.35. The fourth-order valence-electron chi connectivity index (χ4n) is 3.30. The van der Waals surface area contributed by atoms with Crippen molar-refractivity contribution >= 4 is 38.8 Å². The van der Waals surface area contributed by atoms with Gasteiger partial charge in [-0.1, -0.05) is 29.8 Å². The molecule has 29 heavy (non-hydrogen) atoms. The van der Waals surface area contributed by atoms with E-state index in [2.05, 4.69) is 0 Å². The Morgan fingerprint density at radius 1 is 1.07 bits per heavy atom. The zero-order valence-electron chi connectivity index (χ0n) is 15.7. The second-order valence-corrected chi connectivity index (χ2v) is 9.22. The molecule has 8 heteroatoms. The zero-order chi connectivity index (χ0) is 21.2. The Morgan fingerprint density at radius 3 is 2.28 bits per heavy atom. The summed E-state index contributed by atoms with van der Waals surface area (Å²) in [4.78, 5) is 37.1. The molecule has 0 N–H and O–H groups in total. The molecule has 1 saturated carbocycles. The Bertz CT molecular complexity index is 1060. The monoisotopic (exact) mass is 434 g/mol. The summed E-state index contributed by atoms with van der Waals surface area (Å²) in [6, 6.07) is 11.2. The second-order valence-electron chi connectivity index (χ2n) is 6.86. The Morgan fingerprint density at radius 2 is 1.69 bits per heavy atom. The van der Waals surface area contributed by atoms with E-state index in [-0.39, 0.29) is 40.5 Å². The third-order valence-electron chi connectivity index (χ3n) is 4.74. The largest absolute Gasteiger partial charge is 0.489 e. The molecule has 0 radical (unpaired) electrons. The number of carbonyl (C=O) groups excluding carboxylic acids is 3. The second kappa shape index (κ2) is 8.47. The minimum atomic E-state index is -3.66. The van der Waals surface area contributed by atoms with Gasteiger partial charge in [0, 0.05) is 30.2 Å². The van der Waals surface area contributed by atoms with Crippen molar-refractivity contribution in [1.29, 1.82) is 0 Å². The summed E-state index contributed by atoms with van der Waals surface area (Å²) in [6.45, 7) is -0.196. The van der Waals surface area contributed by atoms with Gasteiger partial charge in [0.15, 0.2) is 27.2 Å². The van der Waals surface area contributed by atoms with Crippen LogP contribution in [0.3, 0.4) is 0 Å². The lowest BCUT2D eigenvalue weighted by Gasteiger charge is -2.20. The first-order valence-corrected chi connectivity index (χ1v) is 11.3. The standard InChI is InChI=1S/C21H19ClO6S/c1-29(26,27)18-11-10-14(21(25)19-16(23)8-5-9-17(19)24)20(22)15(18)12-28-13-6-3-2-4-7-13/h2-4,6-7,10-11,19H,5,8-9,12H2,1H3. The molecule has 0 heterocycles. The maximum atomic E-state index is 12.9. The summed E-state index contributed by atoms with van der Waals surface area (Å²) >= 11 is 6.41. The van der Waals surface area contributed by atoms with Gasteiger partial charge in [-0.25, -0.2) is 8.42 Å². The van der Waals surface area contributed by atoms with E-state index in [9.17, 15) is 22.8 Å². The van der Waals surface area contributed by atoms with Crippen molar-refractivity contribution in [3.63, 3.8) is 0 Å². The van der Waals surface area contributed by atoms with Crippen LogP contribution in [0.2, 0.25) is 5.02 Å². The molecule has 2 aromatic carbocycles. The highest BCUT2D eigenvalue weighted by molar-refractivity contribution is 7.90. The molecular formula is C21H19ClO6S. The van der Waals surface area contributed by atoms with E-state index in [1.54, 1.807) is 30.3 Å². The molecule has 0 amide bonds. The first-order chi connectivity index (χ1) is 13.7. The Balaban J connectivity index is 2.02.